The van der Waals surface area contributed by atoms with Crippen LogP contribution in [0.1, 0.15) is 135 Å². The topological polar surface area (TPSA) is 419 Å². The van der Waals surface area contributed by atoms with E-state index in [0.29, 0.717) is 95.4 Å². The van der Waals surface area contributed by atoms with Crippen LogP contribution in [-0.2, 0) is 24.0 Å². The lowest BCUT2D eigenvalue weighted by atomic mass is 9.80. The Hall–Kier alpha value is -8.55. The van der Waals surface area contributed by atoms with Crippen LogP contribution in [0.2, 0.25) is 0 Å². The molecule has 3 saturated carbocycles. The Morgan fingerprint density at radius 2 is 0.961 bits per heavy atom. The number of rotatable bonds is 17. The van der Waals surface area contributed by atoms with Crippen LogP contribution in [0.25, 0.3) is 65.8 Å². The molecule has 12 atom stereocenters. The van der Waals surface area contributed by atoms with E-state index in [9.17, 15) is 35.4 Å². The van der Waals surface area contributed by atoms with Gasteiger partial charge in [0.25, 0.3) is 0 Å². The van der Waals surface area contributed by atoms with E-state index in [-0.39, 0.29) is 17.8 Å². The first kappa shape index (κ1) is 71.8. The number of unbranched alkanes of at least 4 members (excludes halogenated alkanes) is 2. The molecule has 9 aromatic heterocycles. The predicted molar refractivity (Wildman–Crippen MR) is 407 cm³/mol. The number of aryl methyl sites for hydroxylation is 3. The second-order valence-electron chi connectivity index (χ2n) is 28.3. The average molecular weight is 1500 g/mol. The summed E-state index contributed by atoms with van der Waals surface area (Å²) in [7, 11) is 0. The van der Waals surface area contributed by atoms with Gasteiger partial charge in [-0.2, -0.15) is 13.1 Å². The van der Waals surface area contributed by atoms with Gasteiger partial charge in [-0.1, -0.05) is 76.9 Å². The monoisotopic (exact) mass is 1500 g/mol. The van der Waals surface area contributed by atoms with Crippen LogP contribution in [0.4, 0.5) is 39.4 Å². The standard InChI is InChI=1S/C28H34N6O4S.C23H24BrN5O2S.C23H25N5O2S/c1-3-4-5-12-38-27(37)33-20-9-8-17-7-6-16(13-19(17)32-20)10-11-28(2)14-18(23(35)25(28)36)24-21-22(34-39-24)26(29)31-15-30-21;1-23(6-4-11-2-3-12-9-14(24)22(26)28-16(12)8-11)10-13(19(30)21(23)31)20-18-17(29-32-20)15(25)5-7-27-18;1-23(8-6-12-2-3-13-4-5-17(25)27-16(13)10-12)11-14(20(29)22(23)30)21-19-18(28-31-21)15(24)7-9-26-19/h6-9,13,15,18,23,25,35-36H,3-5,10-12,14H2,1-2H3,(H2,29,30,31)(H,32,33,37);2-3,5,7-9,13,19,21,30-31H,4,6,10,25H2,1H3,(H2,26,28);2-5,7,9-10,14,20,22,29-30H,6,8,11,24H2,1H3,(H2,25,27)/t18-,23+,25+,28+;13-,19+,21+,23+;14-,20+,22+,23+/m111/s1. The summed E-state index contributed by atoms with van der Waals surface area (Å²) in [4.78, 5) is 45.4. The number of hydrogen-bond donors (Lipinski definition) is 12. The van der Waals surface area contributed by atoms with Gasteiger partial charge in [-0.25, -0.2) is 29.7 Å². The molecule has 3 aliphatic rings. The highest BCUT2D eigenvalue weighted by Gasteiger charge is 2.53. The van der Waals surface area contributed by atoms with E-state index < -0.39 is 59.0 Å². The highest BCUT2D eigenvalue weighted by Crippen LogP contribution is 2.54. The second kappa shape index (κ2) is 29.7. The number of fused-ring (bicyclic) bond motifs is 6. The molecule has 102 heavy (non-hydrogen) atoms. The first-order valence-corrected chi connectivity index (χ1v) is 37.3. The molecule has 0 radical (unpaired) electrons. The van der Waals surface area contributed by atoms with E-state index in [0.717, 1.165) is 124 Å². The molecular formula is C74H83BrN16O8S3. The highest BCUT2D eigenvalue weighted by atomic mass is 79.9. The number of carbonyl (C=O) groups is 1. The summed E-state index contributed by atoms with van der Waals surface area (Å²) in [6.07, 6.45) is 8.17. The van der Waals surface area contributed by atoms with Crippen molar-refractivity contribution in [1.82, 2.24) is 48.0 Å². The summed E-state index contributed by atoms with van der Waals surface area (Å²) in [5.41, 5.74) is 39.3. The normalized spacial score (nSPS) is 24.8. The van der Waals surface area contributed by atoms with Crippen LogP contribution in [-0.4, -0.2) is 128 Å². The third-order valence-corrected chi connectivity index (χ3v) is 24.7. The Balaban J connectivity index is 0.000000138. The van der Waals surface area contributed by atoms with Crippen molar-refractivity contribution in [2.45, 2.75) is 159 Å². The van der Waals surface area contributed by atoms with Gasteiger partial charge < -0.3 is 64.0 Å². The van der Waals surface area contributed by atoms with Crippen LogP contribution in [0.15, 0.2) is 120 Å². The third kappa shape index (κ3) is 14.6. The van der Waals surface area contributed by atoms with Crippen molar-refractivity contribution in [2.24, 2.45) is 16.2 Å². The van der Waals surface area contributed by atoms with E-state index in [1.165, 1.54) is 40.9 Å². The van der Waals surface area contributed by atoms with Crippen molar-refractivity contribution >= 4 is 157 Å². The first-order valence-electron chi connectivity index (χ1n) is 34.2. The summed E-state index contributed by atoms with van der Waals surface area (Å²) < 4.78 is 19.3. The fourth-order valence-corrected chi connectivity index (χ4v) is 18.2. The maximum atomic E-state index is 12.1. The number of hydrogen-bond acceptors (Lipinski definition) is 26. The summed E-state index contributed by atoms with van der Waals surface area (Å²) in [5.74, 6) is 0.973. The van der Waals surface area contributed by atoms with Gasteiger partial charge in [-0.3, -0.25) is 15.3 Å². The molecule has 0 saturated heterocycles. The summed E-state index contributed by atoms with van der Waals surface area (Å²) in [6.45, 7) is 8.59. The molecule has 24 nitrogen and oxygen atoms in total. The number of anilines is 6. The Kier molecular flexibility index (Phi) is 20.9. The number of carbonyl (C=O) groups excluding carboxylic acids is 1. The molecule has 0 unspecified atom stereocenters. The maximum absolute atomic E-state index is 12.1. The van der Waals surface area contributed by atoms with Crippen molar-refractivity contribution in [3.8, 4) is 0 Å². The molecule has 3 aromatic carbocycles. The maximum Gasteiger partial charge on any atom is 0.412 e. The molecule has 3 aliphatic carbocycles. The predicted octanol–water partition coefficient (Wildman–Crippen LogP) is 12.1. The van der Waals surface area contributed by atoms with Crippen molar-refractivity contribution < 1.29 is 40.2 Å². The molecule has 17 N–H and O–H groups in total. The zero-order chi connectivity index (χ0) is 71.9. The number of aromatic nitrogens is 10. The van der Waals surface area contributed by atoms with E-state index >= 15 is 0 Å². The molecule has 3 fully saturated rings. The fraction of sp³-hybridized carbons (Fsp3) is 0.392. The minimum Gasteiger partial charge on any atom is -0.449 e. The number of aliphatic hydroxyl groups excluding tert-OH is 6. The smallest absolute Gasteiger partial charge is 0.412 e. The number of pyridine rings is 5. The number of benzene rings is 3. The van der Waals surface area contributed by atoms with Crippen LogP contribution in [0, 0.1) is 16.2 Å². The summed E-state index contributed by atoms with van der Waals surface area (Å²) in [6, 6.07) is 31.2. The molecular weight excluding hydrogens is 1420 g/mol. The van der Waals surface area contributed by atoms with Gasteiger partial charge in [0.1, 0.15) is 56.9 Å². The van der Waals surface area contributed by atoms with E-state index in [1.54, 1.807) is 36.7 Å². The van der Waals surface area contributed by atoms with Gasteiger partial charge in [0, 0.05) is 46.3 Å². The lowest BCUT2D eigenvalue weighted by Gasteiger charge is -2.28. The Bertz CT molecular complexity index is 5070. The van der Waals surface area contributed by atoms with E-state index in [2.05, 4.69) is 88.3 Å². The van der Waals surface area contributed by atoms with Gasteiger partial charge in [-0.05, 0) is 208 Å². The SMILES string of the molecule is CCCCCOC(=O)Nc1ccc2ccc(CC[C@@]3(C)C[C@@H](c4snc5c(N)ncnc45)[C@H](O)[C@@H]3O)cc2n1.C[C@]1(CCc2ccc3cc(Br)c(N)nc3c2)C[C@@H](c2snc3c(N)ccnc23)[C@H](O)[C@@H]1O.C[C@]1(CCc2ccc3ccc(N)nc3c2)C[C@@H](c2snc3c(N)ccnc23)[C@H](O)[C@@H]1O. The van der Waals surface area contributed by atoms with Crippen LogP contribution >= 0.6 is 50.5 Å². The van der Waals surface area contributed by atoms with Crippen molar-refractivity contribution in [1.29, 1.82) is 0 Å². The zero-order valence-electron chi connectivity index (χ0n) is 56.8. The minimum atomic E-state index is -0.927. The number of nitrogen functional groups attached to an aromatic ring is 5. The largest absolute Gasteiger partial charge is 0.449 e. The molecule has 1 amide bonds. The molecule has 532 valence electrons. The Morgan fingerprint density at radius 3 is 1.46 bits per heavy atom. The number of nitrogens with one attached hydrogen (secondary N) is 1. The molecule has 15 rings (SSSR count). The number of amides is 1. The lowest BCUT2D eigenvalue weighted by molar-refractivity contribution is -0.0200. The fourth-order valence-electron chi connectivity index (χ4n) is 14.9. The van der Waals surface area contributed by atoms with E-state index in [1.807, 2.05) is 81.4 Å². The van der Waals surface area contributed by atoms with Gasteiger partial charge >= 0.3 is 6.09 Å². The average Bonchev–Trinajstić information content (AvgIpc) is 1.61. The Labute approximate surface area is 608 Å². The molecule has 0 aliphatic heterocycles. The minimum absolute atomic E-state index is 0.220. The Morgan fingerprint density at radius 1 is 0.520 bits per heavy atom. The van der Waals surface area contributed by atoms with Crippen molar-refractivity contribution in [2.75, 3.05) is 40.6 Å². The van der Waals surface area contributed by atoms with Crippen LogP contribution < -0.4 is 34.0 Å². The van der Waals surface area contributed by atoms with Gasteiger partial charge in [0.05, 0.1) is 90.3 Å². The summed E-state index contributed by atoms with van der Waals surface area (Å²) in [5, 5.41) is 71.6. The zero-order valence-corrected chi connectivity index (χ0v) is 60.9. The number of ether oxygens (including phenoxy) is 1. The highest BCUT2D eigenvalue weighted by molar-refractivity contribution is 9.10. The van der Waals surface area contributed by atoms with Gasteiger partial charge in [0.2, 0.25) is 0 Å². The quantitative estimate of drug-likeness (QED) is 0.0377. The first-order chi connectivity index (χ1) is 48.9. The van der Waals surface area contributed by atoms with Crippen molar-refractivity contribution in [3.63, 3.8) is 0 Å². The number of aliphatic hydroxyl groups is 6. The van der Waals surface area contributed by atoms with Crippen LogP contribution in [0.3, 0.4) is 0 Å². The van der Waals surface area contributed by atoms with Gasteiger partial charge in [0.15, 0.2) is 5.82 Å². The van der Waals surface area contributed by atoms with E-state index in [4.69, 9.17) is 33.4 Å². The number of nitrogens with two attached hydrogens (primary N) is 5. The molecule has 0 bridgehead atoms. The molecule has 28 heteroatoms. The molecule has 12 aromatic rings. The van der Waals surface area contributed by atoms with Crippen LogP contribution in [0.5, 0.6) is 0 Å². The molecule has 9 heterocycles. The second-order valence-corrected chi connectivity index (χ2v) is 31.6. The van der Waals surface area contributed by atoms with Gasteiger partial charge in [-0.15, -0.1) is 0 Å². The summed E-state index contributed by atoms with van der Waals surface area (Å²) >= 11 is 7.30. The number of halogens is 1. The third-order valence-electron chi connectivity index (χ3n) is 21.1. The number of nitrogens with zero attached hydrogens (tertiary/aromatic N) is 10. The molecule has 0 spiro atoms. The van der Waals surface area contributed by atoms with Crippen molar-refractivity contribution in [3.05, 3.63) is 152 Å². The lowest BCUT2D eigenvalue weighted by Crippen LogP contribution is -2.34.